The Kier molecular flexibility index (Phi) is 4.95. The topological polar surface area (TPSA) is 33.0 Å². The Bertz CT molecular complexity index is 342. The fourth-order valence-corrected chi connectivity index (χ4v) is 0.900. The van der Waals surface area contributed by atoms with E-state index in [1.165, 1.54) is 24.3 Å². The van der Waals surface area contributed by atoms with Gasteiger partial charge in [-0.2, -0.15) is 5.26 Å². The molecule has 0 unspecified atom stereocenters. The molecule has 0 aromatic heterocycles. The Labute approximate surface area is 90.7 Å². The third-order valence-corrected chi connectivity index (χ3v) is 1.44. The van der Waals surface area contributed by atoms with E-state index >= 15 is 0 Å². The first-order valence-corrected chi connectivity index (χ1v) is 3.73. The highest BCUT2D eigenvalue weighted by atomic mass is 35.5. The van der Waals surface area contributed by atoms with Crippen LogP contribution in [0.25, 0.3) is 0 Å². The van der Waals surface area contributed by atoms with Crippen molar-refractivity contribution in [1.29, 1.82) is 5.26 Å². The molecule has 6 heteroatoms. The lowest BCUT2D eigenvalue weighted by Gasteiger charge is -2.08. The molecule has 0 heterocycles. The van der Waals surface area contributed by atoms with E-state index < -0.39 is 6.36 Å². The number of halogens is 4. The van der Waals surface area contributed by atoms with E-state index in [9.17, 15) is 13.2 Å². The maximum Gasteiger partial charge on any atom is 0.573 e. The summed E-state index contributed by atoms with van der Waals surface area (Å²) in [5, 5.41) is 8.31. The first-order chi connectivity index (χ1) is 6.51. The molecule has 1 aromatic carbocycles. The molecular formula is C9H7ClF3NO. The van der Waals surface area contributed by atoms with Gasteiger partial charge in [-0.3, -0.25) is 0 Å². The van der Waals surface area contributed by atoms with Gasteiger partial charge in [0.2, 0.25) is 0 Å². The summed E-state index contributed by atoms with van der Waals surface area (Å²) in [5.41, 5.74) is 0.655. The predicted octanol–water partition coefficient (Wildman–Crippen LogP) is 3.07. The minimum absolute atomic E-state index is 0. The molecule has 0 atom stereocenters. The smallest absolute Gasteiger partial charge is 0.406 e. The Balaban J connectivity index is 0.00000196. The highest BCUT2D eigenvalue weighted by Gasteiger charge is 2.30. The van der Waals surface area contributed by atoms with E-state index in [1.807, 2.05) is 6.07 Å². The second-order valence-electron chi connectivity index (χ2n) is 2.53. The van der Waals surface area contributed by atoms with Crippen LogP contribution in [0.1, 0.15) is 5.56 Å². The van der Waals surface area contributed by atoms with Crippen molar-refractivity contribution in [2.24, 2.45) is 0 Å². The summed E-state index contributed by atoms with van der Waals surface area (Å²) in [6.07, 6.45) is -4.50. The fraction of sp³-hybridized carbons (Fsp3) is 0.222. The molecule has 0 spiro atoms. The van der Waals surface area contributed by atoms with Crippen LogP contribution in [0.15, 0.2) is 24.3 Å². The van der Waals surface area contributed by atoms with Gasteiger partial charge in [-0.1, -0.05) is 12.1 Å². The van der Waals surface area contributed by atoms with E-state index in [2.05, 4.69) is 4.74 Å². The van der Waals surface area contributed by atoms with Gasteiger partial charge in [-0.15, -0.1) is 25.6 Å². The summed E-state index contributed by atoms with van der Waals surface area (Å²) >= 11 is 0. The van der Waals surface area contributed by atoms with Crippen molar-refractivity contribution in [2.45, 2.75) is 12.8 Å². The average Bonchev–Trinajstić information content (AvgIpc) is 2.06. The van der Waals surface area contributed by atoms with Crippen molar-refractivity contribution in [3.05, 3.63) is 29.8 Å². The summed E-state index contributed by atoms with van der Waals surface area (Å²) in [6.45, 7) is 0. The van der Waals surface area contributed by atoms with Crippen LogP contribution in [0.3, 0.4) is 0 Å². The Morgan fingerprint density at radius 3 is 2.13 bits per heavy atom. The number of benzene rings is 1. The number of hydrogen-bond donors (Lipinski definition) is 0. The average molecular weight is 238 g/mol. The molecular weight excluding hydrogens is 231 g/mol. The lowest BCUT2D eigenvalue weighted by Crippen LogP contribution is -2.16. The molecule has 0 saturated carbocycles. The maximum absolute atomic E-state index is 11.7. The van der Waals surface area contributed by atoms with Gasteiger partial charge >= 0.3 is 6.36 Å². The molecule has 1 rings (SSSR count). The number of ether oxygens (including phenoxy) is 1. The highest BCUT2D eigenvalue weighted by molar-refractivity contribution is 5.85. The first kappa shape index (κ1) is 13.6. The monoisotopic (exact) mass is 237 g/mol. The van der Waals surface area contributed by atoms with Crippen molar-refractivity contribution in [3.63, 3.8) is 0 Å². The molecule has 1 aromatic rings. The van der Waals surface area contributed by atoms with Gasteiger partial charge in [0.05, 0.1) is 12.5 Å². The molecule has 0 aliphatic carbocycles. The third kappa shape index (κ3) is 5.13. The van der Waals surface area contributed by atoms with E-state index in [4.69, 9.17) is 5.26 Å². The Morgan fingerprint density at radius 2 is 1.73 bits per heavy atom. The van der Waals surface area contributed by atoms with Crippen molar-refractivity contribution >= 4 is 12.4 Å². The molecule has 82 valence electrons. The van der Waals surface area contributed by atoms with Crippen LogP contribution in [-0.2, 0) is 6.42 Å². The minimum atomic E-state index is -4.67. The number of hydrogen-bond acceptors (Lipinski definition) is 2. The second kappa shape index (κ2) is 5.47. The standard InChI is InChI=1S/C9H6F3NO.ClH/c10-9(11,12)14-8-3-1-7(2-4-8)5-6-13;/h1-4H,5H2;1H. The van der Waals surface area contributed by atoms with E-state index in [1.54, 1.807) is 0 Å². The third-order valence-electron chi connectivity index (χ3n) is 1.44. The number of alkyl halides is 3. The number of rotatable bonds is 2. The molecule has 0 saturated heterocycles. The molecule has 0 aliphatic heterocycles. The van der Waals surface area contributed by atoms with Crippen molar-refractivity contribution < 1.29 is 17.9 Å². The van der Waals surface area contributed by atoms with Crippen LogP contribution in [0.2, 0.25) is 0 Å². The maximum atomic E-state index is 11.7. The Hall–Kier alpha value is -1.41. The van der Waals surface area contributed by atoms with Gasteiger partial charge in [0, 0.05) is 0 Å². The SMILES string of the molecule is Cl.N#CCc1ccc(OC(F)(F)F)cc1. The lowest BCUT2D eigenvalue weighted by atomic mass is 10.2. The highest BCUT2D eigenvalue weighted by Crippen LogP contribution is 2.22. The zero-order valence-corrected chi connectivity index (χ0v) is 8.23. The molecule has 15 heavy (non-hydrogen) atoms. The van der Waals surface area contributed by atoms with Crippen molar-refractivity contribution in [3.8, 4) is 11.8 Å². The summed E-state index contributed by atoms with van der Waals surface area (Å²) < 4.78 is 38.8. The zero-order chi connectivity index (χ0) is 10.6. The summed E-state index contributed by atoms with van der Waals surface area (Å²) in [7, 11) is 0. The Morgan fingerprint density at radius 1 is 1.20 bits per heavy atom. The molecule has 0 radical (unpaired) electrons. The van der Waals surface area contributed by atoms with Crippen LogP contribution < -0.4 is 4.74 Å². The van der Waals surface area contributed by atoms with Crippen LogP contribution in [0, 0.1) is 11.3 Å². The first-order valence-electron chi connectivity index (χ1n) is 3.73. The van der Waals surface area contributed by atoms with Crippen molar-refractivity contribution in [1.82, 2.24) is 0 Å². The van der Waals surface area contributed by atoms with Gasteiger partial charge in [0.25, 0.3) is 0 Å². The molecule has 2 nitrogen and oxygen atoms in total. The van der Waals surface area contributed by atoms with Crippen molar-refractivity contribution in [2.75, 3.05) is 0 Å². The van der Waals surface area contributed by atoms with E-state index in [-0.39, 0.29) is 24.6 Å². The summed E-state index contributed by atoms with van der Waals surface area (Å²) in [6, 6.07) is 7.09. The lowest BCUT2D eigenvalue weighted by molar-refractivity contribution is -0.274. The van der Waals surface area contributed by atoms with Gasteiger partial charge in [-0.05, 0) is 17.7 Å². The molecule has 0 N–H and O–H groups in total. The predicted molar refractivity (Wildman–Crippen MR) is 49.7 cm³/mol. The van der Waals surface area contributed by atoms with E-state index in [0.29, 0.717) is 5.56 Å². The molecule has 0 bridgehead atoms. The zero-order valence-electron chi connectivity index (χ0n) is 7.41. The largest absolute Gasteiger partial charge is 0.573 e. The van der Waals surface area contributed by atoms with Crippen LogP contribution in [-0.4, -0.2) is 6.36 Å². The van der Waals surface area contributed by atoms with Crippen LogP contribution in [0.5, 0.6) is 5.75 Å². The summed E-state index contributed by atoms with van der Waals surface area (Å²) in [5.74, 6) is -0.279. The summed E-state index contributed by atoms with van der Waals surface area (Å²) in [4.78, 5) is 0. The molecule has 0 fully saturated rings. The van der Waals surface area contributed by atoms with Gasteiger partial charge in [0.15, 0.2) is 0 Å². The van der Waals surface area contributed by atoms with Gasteiger partial charge in [-0.25, -0.2) is 0 Å². The fourth-order valence-electron chi connectivity index (χ4n) is 0.900. The molecule has 0 amide bonds. The number of nitrogens with zero attached hydrogens (tertiary/aromatic N) is 1. The van der Waals surface area contributed by atoms with Crippen LogP contribution >= 0.6 is 12.4 Å². The molecule has 0 aliphatic rings. The van der Waals surface area contributed by atoms with Gasteiger partial charge in [0.1, 0.15) is 5.75 Å². The number of nitriles is 1. The second-order valence-corrected chi connectivity index (χ2v) is 2.53. The quantitative estimate of drug-likeness (QED) is 0.792. The normalized spacial score (nSPS) is 10.0. The van der Waals surface area contributed by atoms with Crippen LogP contribution in [0.4, 0.5) is 13.2 Å². The van der Waals surface area contributed by atoms with E-state index in [0.717, 1.165) is 0 Å². The minimum Gasteiger partial charge on any atom is -0.406 e. The van der Waals surface area contributed by atoms with Gasteiger partial charge < -0.3 is 4.74 Å².